The van der Waals surface area contributed by atoms with Crippen LogP contribution in [0.2, 0.25) is 5.02 Å². The second-order valence-corrected chi connectivity index (χ2v) is 9.12. The van der Waals surface area contributed by atoms with Gasteiger partial charge in [-0.25, -0.2) is 0 Å². The highest BCUT2D eigenvalue weighted by molar-refractivity contribution is 7.10. The first-order valence-corrected chi connectivity index (χ1v) is 11.8. The molecule has 0 N–H and O–H groups in total. The summed E-state index contributed by atoms with van der Waals surface area (Å²) in [6.45, 7) is 0.894. The van der Waals surface area contributed by atoms with Gasteiger partial charge >= 0.3 is 0 Å². The van der Waals surface area contributed by atoms with Crippen LogP contribution in [0.15, 0.2) is 58.5 Å². The summed E-state index contributed by atoms with van der Waals surface area (Å²) in [6, 6.07) is 12.5. The molecule has 0 spiro atoms. The van der Waals surface area contributed by atoms with Crippen molar-refractivity contribution in [3.05, 3.63) is 75.3 Å². The fraction of sp³-hybridized carbons (Fsp3) is 0.333. The van der Waals surface area contributed by atoms with Crippen molar-refractivity contribution in [2.45, 2.75) is 19.0 Å². The van der Waals surface area contributed by atoms with Crippen molar-refractivity contribution in [3.63, 3.8) is 0 Å². The molecule has 0 bridgehead atoms. The van der Waals surface area contributed by atoms with Gasteiger partial charge in [-0.2, -0.15) is 0 Å². The van der Waals surface area contributed by atoms with E-state index in [-0.39, 0.29) is 37.6 Å². The predicted octanol–water partition coefficient (Wildman–Crippen LogP) is 4.17. The highest BCUT2D eigenvalue weighted by Crippen LogP contribution is 2.34. The van der Waals surface area contributed by atoms with Crippen molar-refractivity contribution in [3.8, 4) is 5.75 Å². The minimum atomic E-state index is -0.274. The van der Waals surface area contributed by atoms with Gasteiger partial charge in [0.1, 0.15) is 31.3 Å². The van der Waals surface area contributed by atoms with Crippen LogP contribution in [-0.2, 0) is 27.3 Å². The summed E-state index contributed by atoms with van der Waals surface area (Å²) in [7, 11) is 1.46. The molecular formula is C24H25ClN2O5S. The number of methoxy groups -OCH3 is 1. The van der Waals surface area contributed by atoms with Gasteiger partial charge in [-0.1, -0.05) is 11.6 Å². The van der Waals surface area contributed by atoms with Crippen molar-refractivity contribution in [1.29, 1.82) is 0 Å². The number of carbonyl (C=O) groups excluding carboxylic acids is 2. The molecule has 2 amide bonds. The zero-order valence-corrected chi connectivity index (χ0v) is 19.8. The van der Waals surface area contributed by atoms with Gasteiger partial charge in [0.2, 0.25) is 11.8 Å². The minimum absolute atomic E-state index is 0.0696. The fourth-order valence-corrected chi connectivity index (χ4v) is 4.93. The van der Waals surface area contributed by atoms with E-state index in [1.165, 1.54) is 16.9 Å². The van der Waals surface area contributed by atoms with Crippen LogP contribution < -0.4 is 4.74 Å². The van der Waals surface area contributed by atoms with Gasteiger partial charge in [0.05, 0.1) is 18.8 Å². The Morgan fingerprint density at radius 3 is 2.79 bits per heavy atom. The molecule has 0 radical (unpaired) electrons. The predicted molar refractivity (Wildman–Crippen MR) is 125 cm³/mol. The number of rotatable bonds is 9. The Morgan fingerprint density at radius 1 is 1.24 bits per heavy atom. The van der Waals surface area contributed by atoms with Gasteiger partial charge in [0.15, 0.2) is 0 Å². The maximum absolute atomic E-state index is 13.4. The van der Waals surface area contributed by atoms with Gasteiger partial charge in [-0.05, 0) is 59.8 Å². The number of nitrogens with zero attached hydrogens (tertiary/aromatic N) is 2. The lowest BCUT2D eigenvalue weighted by molar-refractivity contribution is -0.145. The topological polar surface area (TPSA) is 72.2 Å². The molecule has 1 aromatic carbocycles. The lowest BCUT2D eigenvalue weighted by atomic mass is 10.0. The smallest absolute Gasteiger partial charge is 0.249 e. The molecule has 0 aliphatic carbocycles. The number of halogens is 1. The molecule has 0 unspecified atom stereocenters. The standard InChI is InChI=1S/C24H25ClN2O5S/c1-30-16-24(29)26(13-19-3-2-11-31-19)14-23(28)27-10-8-22-20(9-12-33-22)21(27)15-32-18-6-4-17(25)5-7-18/h2-7,9,11-12,21H,8,10,13-16H2,1H3/t21-/m1/s1. The van der Waals surface area contributed by atoms with Gasteiger partial charge in [-0.3, -0.25) is 9.59 Å². The van der Waals surface area contributed by atoms with E-state index in [0.29, 0.717) is 29.7 Å². The van der Waals surface area contributed by atoms with E-state index in [4.69, 9.17) is 25.5 Å². The summed E-state index contributed by atoms with van der Waals surface area (Å²) in [5, 5.41) is 2.67. The van der Waals surface area contributed by atoms with Gasteiger partial charge in [-0.15, -0.1) is 11.3 Å². The molecule has 0 saturated carbocycles. The van der Waals surface area contributed by atoms with Crippen molar-refractivity contribution in [2.24, 2.45) is 0 Å². The molecule has 174 valence electrons. The van der Waals surface area contributed by atoms with Crippen LogP contribution in [0.5, 0.6) is 5.75 Å². The summed E-state index contributed by atoms with van der Waals surface area (Å²) in [4.78, 5) is 30.6. The molecule has 0 fully saturated rings. The van der Waals surface area contributed by atoms with Crippen LogP contribution in [-0.4, -0.2) is 55.0 Å². The average Bonchev–Trinajstić information content (AvgIpc) is 3.50. The second-order valence-electron chi connectivity index (χ2n) is 7.68. The minimum Gasteiger partial charge on any atom is -0.491 e. The van der Waals surface area contributed by atoms with E-state index < -0.39 is 0 Å². The van der Waals surface area contributed by atoms with Gasteiger partial charge < -0.3 is 23.7 Å². The maximum Gasteiger partial charge on any atom is 0.249 e. The van der Waals surface area contributed by atoms with Crippen LogP contribution in [0.4, 0.5) is 0 Å². The molecule has 33 heavy (non-hydrogen) atoms. The van der Waals surface area contributed by atoms with Crippen molar-refractivity contribution < 1.29 is 23.5 Å². The Balaban J connectivity index is 1.50. The van der Waals surface area contributed by atoms with E-state index in [2.05, 4.69) is 0 Å². The third kappa shape index (κ3) is 5.76. The number of furan rings is 1. The van der Waals surface area contributed by atoms with E-state index in [1.54, 1.807) is 58.9 Å². The third-order valence-corrected chi connectivity index (χ3v) is 6.76. The number of benzene rings is 1. The van der Waals surface area contributed by atoms with Crippen LogP contribution in [0.25, 0.3) is 0 Å². The van der Waals surface area contributed by atoms with E-state index >= 15 is 0 Å². The van der Waals surface area contributed by atoms with Crippen molar-refractivity contribution in [2.75, 3.05) is 33.4 Å². The normalized spacial score (nSPS) is 15.2. The first kappa shape index (κ1) is 23.4. The van der Waals surface area contributed by atoms with Gasteiger partial charge in [0, 0.05) is 23.6 Å². The molecule has 1 aliphatic heterocycles. The fourth-order valence-electron chi connectivity index (χ4n) is 3.87. The van der Waals surface area contributed by atoms with E-state index in [9.17, 15) is 9.59 Å². The number of ether oxygens (including phenoxy) is 2. The highest BCUT2D eigenvalue weighted by Gasteiger charge is 2.33. The Labute approximate surface area is 201 Å². The second kappa shape index (κ2) is 10.9. The molecule has 7 nitrogen and oxygen atoms in total. The molecule has 0 saturated heterocycles. The van der Waals surface area contributed by atoms with E-state index in [0.717, 1.165) is 12.0 Å². The number of fused-ring (bicyclic) bond motifs is 1. The summed E-state index contributed by atoms with van der Waals surface area (Å²) in [5.74, 6) is 0.870. The zero-order chi connectivity index (χ0) is 23.2. The number of carbonyl (C=O) groups is 2. The first-order chi connectivity index (χ1) is 16.0. The lowest BCUT2D eigenvalue weighted by Crippen LogP contribution is -2.48. The molecular weight excluding hydrogens is 464 g/mol. The van der Waals surface area contributed by atoms with Crippen LogP contribution in [0, 0.1) is 0 Å². The Hall–Kier alpha value is -2.81. The van der Waals surface area contributed by atoms with E-state index in [1.807, 2.05) is 11.4 Å². The van der Waals surface area contributed by atoms with Gasteiger partial charge in [0.25, 0.3) is 0 Å². The summed E-state index contributed by atoms with van der Waals surface area (Å²) in [6.07, 6.45) is 2.32. The molecule has 2 aromatic heterocycles. The summed E-state index contributed by atoms with van der Waals surface area (Å²) in [5.41, 5.74) is 1.09. The quantitative estimate of drug-likeness (QED) is 0.452. The Bertz CT molecular complexity index is 1070. The molecule has 9 heteroatoms. The maximum atomic E-state index is 13.4. The lowest BCUT2D eigenvalue weighted by Gasteiger charge is -2.37. The number of hydrogen-bond acceptors (Lipinski definition) is 6. The molecule has 3 aromatic rings. The molecule has 1 aliphatic rings. The van der Waals surface area contributed by atoms with Crippen molar-refractivity contribution >= 4 is 34.8 Å². The van der Waals surface area contributed by atoms with Crippen LogP contribution in [0.3, 0.4) is 0 Å². The zero-order valence-electron chi connectivity index (χ0n) is 18.2. The Morgan fingerprint density at radius 2 is 2.06 bits per heavy atom. The first-order valence-electron chi connectivity index (χ1n) is 10.6. The molecule has 3 heterocycles. The number of thiophene rings is 1. The average molecular weight is 489 g/mol. The van der Waals surface area contributed by atoms with Crippen LogP contribution >= 0.6 is 22.9 Å². The monoisotopic (exact) mass is 488 g/mol. The number of hydrogen-bond donors (Lipinski definition) is 0. The summed E-state index contributed by atoms with van der Waals surface area (Å²) >= 11 is 7.66. The molecule has 4 rings (SSSR count). The third-order valence-electron chi connectivity index (χ3n) is 5.51. The SMILES string of the molecule is COCC(=O)N(CC(=O)N1CCc2sccc2[C@H]1COc1ccc(Cl)cc1)Cc1ccco1. The molecule has 1 atom stereocenters. The Kier molecular flexibility index (Phi) is 7.69. The van der Waals surface area contributed by atoms with Crippen LogP contribution in [0.1, 0.15) is 22.2 Å². The number of amides is 2. The van der Waals surface area contributed by atoms with Crippen molar-refractivity contribution in [1.82, 2.24) is 9.80 Å². The largest absolute Gasteiger partial charge is 0.491 e. The summed E-state index contributed by atoms with van der Waals surface area (Å²) < 4.78 is 16.4. The highest BCUT2D eigenvalue weighted by atomic mass is 35.5.